The predicted molar refractivity (Wildman–Crippen MR) is 81.6 cm³/mol. The number of aryl methyl sites for hydroxylation is 1. The predicted octanol–water partition coefficient (Wildman–Crippen LogP) is 2.96. The summed E-state index contributed by atoms with van der Waals surface area (Å²) < 4.78 is 0. The maximum atomic E-state index is 5.41. The van der Waals surface area contributed by atoms with E-state index < -0.39 is 0 Å². The van der Waals surface area contributed by atoms with Gasteiger partial charge in [0.15, 0.2) is 0 Å². The number of anilines is 2. The molecule has 5 nitrogen and oxygen atoms in total. The van der Waals surface area contributed by atoms with Crippen molar-refractivity contribution in [2.75, 3.05) is 10.7 Å². The minimum atomic E-state index is 0.433. The molecule has 3 aromatic heterocycles. The largest absolute Gasteiger partial charge is 0.365 e. The van der Waals surface area contributed by atoms with Gasteiger partial charge in [-0.05, 0) is 35.4 Å². The molecule has 19 heavy (non-hydrogen) atoms. The van der Waals surface area contributed by atoms with Crippen molar-refractivity contribution >= 4 is 44.7 Å². The second-order valence-electron chi connectivity index (χ2n) is 4.10. The number of fused-ring (bicyclic) bond motifs is 1. The van der Waals surface area contributed by atoms with Crippen molar-refractivity contribution < 1.29 is 0 Å². The van der Waals surface area contributed by atoms with Crippen LogP contribution in [0.15, 0.2) is 22.9 Å². The number of nitrogens with two attached hydrogens (primary N) is 1. The SMILES string of the molecule is Cc1cc2c(NCc3ccsc3)nc(NN)nc2s1. The topological polar surface area (TPSA) is 75.9 Å². The van der Waals surface area contributed by atoms with Gasteiger partial charge in [0.05, 0.1) is 5.39 Å². The summed E-state index contributed by atoms with van der Waals surface area (Å²) >= 11 is 3.32. The Labute approximate surface area is 118 Å². The second-order valence-corrected chi connectivity index (χ2v) is 6.12. The van der Waals surface area contributed by atoms with Crippen LogP contribution < -0.4 is 16.6 Å². The maximum absolute atomic E-state index is 5.41. The van der Waals surface area contributed by atoms with Crippen molar-refractivity contribution in [2.24, 2.45) is 5.84 Å². The Morgan fingerprint density at radius 2 is 2.26 bits per heavy atom. The summed E-state index contributed by atoms with van der Waals surface area (Å²) in [6, 6.07) is 4.19. The van der Waals surface area contributed by atoms with E-state index in [1.54, 1.807) is 22.7 Å². The van der Waals surface area contributed by atoms with Gasteiger partial charge in [0, 0.05) is 11.4 Å². The molecule has 0 aliphatic carbocycles. The van der Waals surface area contributed by atoms with Crippen LogP contribution in [0.5, 0.6) is 0 Å². The van der Waals surface area contributed by atoms with Crippen LogP contribution in [-0.2, 0) is 6.54 Å². The van der Waals surface area contributed by atoms with Crippen molar-refractivity contribution in [3.63, 3.8) is 0 Å². The molecule has 0 amide bonds. The van der Waals surface area contributed by atoms with Crippen LogP contribution in [0.3, 0.4) is 0 Å². The van der Waals surface area contributed by atoms with Crippen molar-refractivity contribution in [1.29, 1.82) is 0 Å². The number of nitrogen functional groups attached to an aromatic ring is 1. The molecular weight excluding hydrogens is 278 g/mol. The number of rotatable bonds is 4. The molecule has 0 radical (unpaired) electrons. The lowest BCUT2D eigenvalue weighted by Gasteiger charge is -2.07. The Bertz CT molecular complexity index is 690. The molecule has 3 rings (SSSR count). The lowest BCUT2D eigenvalue weighted by molar-refractivity contribution is 1.10. The first-order chi connectivity index (χ1) is 9.26. The molecule has 3 heterocycles. The molecule has 3 aromatic rings. The van der Waals surface area contributed by atoms with E-state index in [1.165, 1.54) is 10.4 Å². The molecule has 4 N–H and O–H groups in total. The van der Waals surface area contributed by atoms with E-state index in [-0.39, 0.29) is 0 Å². The quantitative estimate of drug-likeness (QED) is 0.509. The summed E-state index contributed by atoms with van der Waals surface area (Å²) in [5.74, 6) is 6.66. The molecule has 98 valence electrons. The highest BCUT2D eigenvalue weighted by Crippen LogP contribution is 2.29. The van der Waals surface area contributed by atoms with Gasteiger partial charge >= 0.3 is 0 Å². The monoisotopic (exact) mass is 291 g/mol. The number of hydrogen-bond acceptors (Lipinski definition) is 7. The molecule has 0 saturated carbocycles. The number of thiophene rings is 2. The van der Waals surface area contributed by atoms with E-state index in [4.69, 9.17) is 5.84 Å². The second kappa shape index (κ2) is 5.12. The number of nitrogens with zero attached hydrogens (tertiary/aromatic N) is 2. The lowest BCUT2D eigenvalue weighted by atomic mass is 10.3. The van der Waals surface area contributed by atoms with Crippen molar-refractivity contribution in [2.45, 2.75) is 13.5 Å². The zero-order valence-electron chi connectivity index (χ0n) is 10.3. The molecule has 0 atom stereocenters. The summed E-state index contributed by atoms with van der Waals surface area (Å²) in [4.78, 5) is 10.9. The van der Waals surface area contributed by atoms with E-state index in [0.29, 0.717) is 5.95 Å². The van der Waals surface area contributed by atoms with Crippen LogP contribution in [0.1, 0.15) is 10.4 Å². The fourth-order valence-corrected chi connectivity index (χ4v) is 3.37. The molecule has 0 unspecified atom stereocenters. The van der Waals surface area contributed by atoms with Crippen LogP contribution in [0.2, 0.25) is 0 Å². The highest BCUT2D eigenvalue weighted by molar-refractivity contribution is 7.18. The third-order valence-electron chi connectivity index (χ3n) is 2.69. The first-order valence-electron chi connectivity index (χ1n) is 5.76. The third-order valence-corrected chi connectivity index (χ3v) is 4.36. The molecule has 0 aromatic carbocycles. The average Bonchev–Trinajstić information content (AvgIpc) is 3.03. The number of hydrazine groups is 1. The number of aromatic nitrogens is 2. The molecule has 0 bridgehead atoms. The molecule has 0 saturated heterocycles. The number of hydrogen-bond donors (Lipinski definition) is 3. The van der Waals surface area contributed by atoms with Gasteiger partial charge in [0.2, 0.25) is 5.95 Å². The first kappa shape index (κ1) is 12.3. The summed E-state index contributed by atoms with van der Waals surface area (Å²) in [5, 5.41) is 8.56. The van der Waals surface area contributed by atoms with Gasteiger partial charge in [-0.2, -0.15) is 16.3 Å². The van der Waals surface area contributed by atoms with Gasteiger partial charge in [0.1, 0.15) is 10.6 Å². The van der Waals surface area contributed by atoms with Gasteiger partial charge in [-0.15, -0.1) is 11.3 Å². The van der Waals surface area contributed by atoms with E-state index >= 15 is 0 Å². The van der Waals surface area contributed by atoms with Crippen LogP contribution >= 0.6 is 22.7 Å². The minimum Gasteiger partial charge on any atom is -0.365 e. The van der Waals surface area contributed by atoms with E-state index in [0.717, 1.165) is 22.6 Å². The Morgan fingerprint density at radius 1 is 1.37 bits per heavy atom. The van der Waals surface area contributed by atoms with E-state index in [1.807, 2.05) is 0 Å². The maximum Gasteiger partial charge on any atom is 0.240 e. The van der Waals surface area contributed by atoms with Gasteiger partial charge in [0.25, 0.3) is 0 Å². The molecular formula is C12H13N5S2. The van der Waals surface area contributed by atoms with Crippen LogP contribution in [-0.4, -0.2) is 9.97 Å². The Balaban J connectivity index is 1.96. The lowest BCUT2D eigenvalue weighted by Crippen LogP contribution is -2.12. The van der Waals surface area contributed by atoms with Crippen LogP contribution in [0.4, 0.5) is 11.8 Å². The fourth-order valence-electron chi connectivity index (χ4n) is 1.82. The van der Waals surface area contributed by atoms with Gasteiger partial charge in [-0.3, -0.25) is 5.43 Å². The smallest absolute Gasteiger partial charge is 0.240 e. The summed E-state index contributed by atoms with van der Waals surface area (Å²) in [5.41, 5.74) is 3.75. The normalized spacial score (nSPS) is 10.8. The Morgan fingerprint density at radius 3 is 3.00 bits per heavy atom. The third kappa shape index (κ3) is 2.53. The Kier molecular flexibility index (Phi) is 3.33. The highest BCUT2D eigenvalue weighted by Gasteiger charge is 2.10. The molecule has 0 spiro atoms. The fraction of sp³-hybridized carbons (Fsp3) is 0.167. The van der Waals surface area contributed by atoms with Gasteiger partial charge < -0.3 is 5.32 Å². The molecule has 0 aliphatic heterocycles. The zero-order chi connectivity index (χ0) is 13.2. The summed E-state index contributed by atoms with van der Waals surface area (Å²) in [6.07, 6.45) is 0. The summed E-state index contributed by atoms with van der Waals surface area (Å²) in [7, 11) is 0. The van der Waals surface area contributed by atoms with Crippen LogP contribution in [0.25, 0.3) is 10.2 Å². The molecule has 7 heteroatoms. The highest BCUT2D eigenvalue weighted by atomic mass is 32.1. The minimum absolute atomic E-state index is 0.433. The van der Waals surface area contributed by atoms with Crippen molar-refractivity contribution in [1.82, 2.24) is 9.97 Å². The summed E-state index contributed by atoms with van der Waals surface area (Å²) in [6.45, 7) is 2.80. The van der Waals surface area contributed by atoms with E-state index in [9.17, 15) is 0 Å². The van der Waals surface area contributed by atoms with Gasteiger partial charge in [-0.1, -0.05) is 0 Å². The van der Waals surface area contributed by atoms with Gasteiger partial charge in [-0.25, -0.2) is 10.8 Å². The van der Waals surface area contributed by atoms with Crippen molar-refractivity contribution in [3.8, 4) is 0 Å². The average molecular weight is 291 g/mol. The molecule has 0 aliphatic rings. The zero-order valence-corrected chi connectivity index (χ0v) is 11.9. The van der Waals surface area contributed by atoms with Crippen molar-refractivity contribution in [3.05, 3.63) is 33.3 Å². The Hall–Kier alpha value is -1.70. The molecule has 0 fully saturated rings. The van der Waals surface area contributed by atoms with Crippen LogP contribution in [0, 0.1) is 6.92 Å². The first-order valence-corrected chi connectivity index (χ1v) is 7.52. The van der Waals surface area contributed by atoms with E-state index in [2.05, 4.69) is 50.5 Å². The standard InChI is InChI=1S/C12H13N5S2/c1-7-4-9-10(14-5-8-2-3-18-6-8)15-12(17-13)16-11(9)19-7/h2-4,6H,5,13H2,1H3,(H2,14,15,16,17). The number of nitrogens with one attached hydrogen (secondary N) is 2.